The van der Waals surface area contributed by atoms with Crippen molar-refractivity contribution < 1.29 is 9.47 Å². The van der Waals surface area contributed by atoms with Crippen LogP contribution < -0.4 is 14.8 Å². The smallest absolute Gasteiger partial charge is 0.238 e. The summed E-state index contributed by atoms with van der Waals surface area (Å²) in [6.07, 6.45) is 4.45. The maximum Gasteiger partial charge on any atom is 0.238 e. The Morgan fingerprint density at radius 2 is 1.81 bits per heavy atom. The molecule has 0 spiro atoms. The molecule has 0 aliphatic heterocycles. The molecule has 0 aliphatic rings. The molecule has 0 amide bonds. The van der Waals surface area contributed by atoms with E-state index in [0.29, 0.717) is 24.8 Å². The zero-order chi connectivity index (χ0) is 14.9. The minimum atomic E-state index is 0.495. The first-order valence-corrected chi connectivity index (χ1v) is 7.24. The third kappa shape index (κ3) is 5.04. The van der Waals surface area contributed by atoms with Crippen LogP contribution >= 0.6 is 0 Å². The molecule has 1 aromatic heterocycles. The molecule has 0 aliphatic carbocycles. The molecular formula is C16H21N3O2. The summed E-state index contributed by atoms with van der Waals surface area (Å²) < 4.78 is 11.1. The number of aromatic nitrogens is 2. The van der Waals surface area contributed by atoms with Gasteiger partial charge in [-0.05, 0) is 44.2 Å². The lowest BCUT2D eigenvalue weighted by molar-refractivity contribution is 0.339. The Morgan fingerprint density at radius 3 is 2.52 bits per heavy atom. The lowest BCUT2D eigenvalue weighted by Crippen LogP contribution is -2.15. The second-order valence-corrected chi connectivity index (χ2v) is 4.53. The van der Waals surface area contributed by atoms with Crippen molar-refractivity contribution in [1.82, 2.24) is 15.3 Å². The van der Waals surface area contributed by atoms with E-state index in [0.717, 1.165) is 24.4 Å². The van der Waals surface area contributed by atoms with E-state index in [1.807, 2.05) is 31.2 Å². The maximum atomic E-state index is 5.70. The van der Waals surface area contributed by atoms with E-state index < -0.39 is 0 Å². The Bertz CT molecular complexity index is 543. The van der Waals surface area contributed by atoms with Gasteiger partial charge in [0, 0.05) is 12.7 Å². The van der Waals surface area contributed by atoms with Crippen LogP contribution in [0, 0.1) is 0 Å². The van der Waals surface area contributed by atoms with Gasteiger partial charge < -0.3 is 14.8 Å². The van der Waals surface area contributed by atoms with Gasteiger partial charge in [0.05, 0.1) is 18.5 Å². The highest BCUT2D eigenvalue weighted by Gasteiger charge is 2.02. The topological polar surface area (TPSA) is 56.3 Å². The highest BCUT2D eigenvalue weighted by atomic mass is 16.5. The fraction of sp³-hybridized carbons (Fsp3) is 0.375. The molecule has 1 aromatic carbocycles. The molecule has 0 saturated heterocycles. The van der Waals surface area contributed by atoms with Crippen LogP contribution in [0.5, 0.6) is 17.4 Å². The number of hydrogen-bond acceptors (Lipinski definition) is 5. The molecule has 5 nitrogen and oxygen atoms in total. The summed E-state index contributed by atoms with van der Waals surface area (Å²) in [4.78, 5) is 8.57. The van der Waals surface area contributed by atoms with Crippen LogP contribution in [0.25, 0.3) is 0 Å². The number of ether oxygens (including phenoxy) is 2. The molecule has 0 unspecified atom stereocenters. The molecule has 112 valence electrons. The van der Waals surface area contributed by atoms with Crippen molar-refractivity contribution in [2.24, 2.45) is 0 Å². The Morgan fingerprint density at radius 1 is 1.05 bits per heavy atom. The monoisotopic (exact) mass is 287 g/mol. The Hall–Kier alpha value is -2.14. The molecular weight excluding hydrogens is 266 g/mol. The first kappa shape index (κ1) is 15.3. The summed E-state index contributed by atoms with van der Waals surface area (Å²) in [7, 11) is 0. The first-order valence-electron chi connectivity index (χ1n) is 7.24. The minimum Gasteiger partial charge on any atom is -0.494 e. The molecule has 5 heteroatoms. The van der Waals surface area contributed by atoms with Crippen molar-refractivity contribution in [2.45, 2.75) is 26.8 Å². The van der Waals surface area contributed by atoms with Gasteiger partial charge in [0.2, 0.25) is 5.88 Å². The summed E-state index contributed by atoms with van der Waals surface area (Å²) >= 11 is 0. The number of hydrogen-bond donors (Lipinski definition) is 1. The second-order valence-electron chi connectivity index (χ2n) is 4.53. The van der Waals surface area contributed by atoms with E-state index in [9.17, 15) is 0 Å². The van der Waals surface area contributed by atoms with Crippen LogP contribution in [0.1, 0.15) is 26.0 Å². The van der Waals surface area contributed by atoms with Crippen molar-refractivity contribution in [3.63, 3.8) is 0 Å². The Labute approximate surface area is 125 Å². The lowest BCUT2D eigenvalue weighted by atomic mass is 10.3. The van der Waals surface area contributed by atoms with Gasteiger partial charge in [-0.3, -0.25) is 4.98 Å². The zero-order valence-corrected chi connectivity index (χ0v) is 12.5. The average Bonchev–Trinajstić information content (AvgIpc) is 2.50. The first-order chi connectivity index (χ1) is 10.3. The summed E-state index contributed by atoms with van der Waals surface area (Å²) in [6.45, 7) is 6.40. The fourth-order valence-electron chi connectivity index (χ4n) is 1.81. The molecule has 0 fully saturated rings. The summed E-state index contributed by atoms with van der Waals surface area (Å²) in [5.41, 5.74) is 0.867. The lowest BCUT2D eigenvalue weighted by Gasteiger charge is -2.08. The van der Waals surface area contributed by atoms with E-state index >= 15 is 0 Å². The summed E-state index contributed by atoms with van der Waals surface area (Å²) in [5, 5.41) is 3.29. The van der Waals surface area contributed by atoms with Gasteiger partial charge in [-0.2, -0.15) is 0 Å². The largest absolute Gasteiger partial charge is 0.494 e. The maximum absolute atomic E-state index is 5.70. The predicted octanol–water partition coefficient (Wildman–Crippen LogP) is 3.17. The number of nitrogens with zero attached hydrogens (tertiary/aromatic N) is 2. The second kappa shape index (κ2) is 8.21. The summed E-state index contributed by atoms with van der Waals surface area (Å²) in [5.74, 6) is 2.04. The highest BCUT2D eigenvalue weighted by Crippen LogP contribution is 2.22. The van der Waals surface area contributed by atoms with Crippen LogP contribution in [-0.2, 0) is 6.54 Å². The van der Waals surface area contributed by atoms with E-state index in [2.05, 4.69) is 22.2 Å². The molecule has 21 heavy (non-hydrogen) atoms. The zero-order valence-electron chi connectivity index (χ0n) is 12.5. The normalized spacial score (nSPS) is 10.4. The molecule has 0 bridgehead atoms. The quantitative estimate of drug-likeness (QED) is 0.756. The minimum absolute atomic E-state index is 0.495. The predicted molar refractivity (Wildman–Crippen MR) is 81.7 cm³/mol. The van der Waals surface area contributed by atoms with E-state index in [1.54, 1.807) is 12.4 Å². The van der Waals surface area contributed by atoms with Gasteiger partial charge in [-0.1, -0.05) is 6.92 Å². The molecule has 0 saturated carbocycles. The van der Waals surface area contributed by atoms with Gasteiger partial charge >= 0.3 is 0 Å². The highest BCUT2D eigenvalue weighted by molar-refractivity contribution is 5.33. The standard InChI is InChI=1S/C16H21N3O2/c1-3-9-17-10-13-11-18-12-16(19-13)21-15-7-5-14(6-8-15)20-4-2/h5-8,11-12,17H,3-4,9-10H2,1-2H3. The molecule has 2 aromatic rings. The van der Waals surface area contributed by atoms with Crippen LogP contribution in [-0.4, -0.2) is 23.1 Å². The molecule has 1 heterocycles. The van der Waals surface area contributed by atoms with Gasteiger partial charge in [-0.15, -0.1) is 0 Å². The fourth-order valence-corrected chi connectivity index (χ4v) is 1.81. The van der Waals surface area contributed by atoms with Gasteiger partial charge in [0.1, 0.15) is 11.5 Å². The van der Waals surface area contributed by atoms with Crippen molar-refractivity contribution in [1.29, 1.82) is 0 Å². The summed E-state index contributed by atoms with van der Waals surface area (Å²) in [6, 6.07) is 7.46. The number of rotatable bonds is 8. The van der Waals surface area contributed by atoms with Crippen LogP contribution in [0.15, 0.2) is 36.7 Å². The van der Waals surface area contributed by atoms with Crippen molar-refractivity contribution in [2.75, 3.05) is 13.2 Å². The van der Waals surface area contributed by atoms with Crippen LogP contribution in [0.4, 0.5) is 0 Å². The van der Waals surface area contributed by atoms with Crippen LogP contribution in [0.3, 0.4) is 0 Å². The SMILES string of the molecule is CCCNCc1cncc(Oc2ccc(OCC)cc2)n1. The molecule has 0 atom stereocenters. The van der Waals surface area contributed by atoms with Crippen molar-refractivity contribution in [3.8, 4) is 17.4 Å². The third-order valence-corrected chi connectivity index (χ3v) is 2.75. The number of nitrogens with one attached hydrogen (secondary N) is 1. The van der Waals surface area contributed by atoms with Gasteiger partial charge in [0.25, 0.3) is 0 Å². The van der Waals surface area contributed by atoms with Crippen LogP contribution in [0.2, 0.25) is 0 Å². The van der Waals surface area contributed by atoms with Crippen molar-refractivity contribution >= 4 is 0 Å². The van der Waals surface area contributed by atoms with Gasteiger partial charge in [-0.25, -0.2) is 4.98 Å². The van der Waals surface area contributed by atoms with E-state index in [-0.39, 0.29) is 0 Å². The van der Waals surface area contributed by atoms with E-state index in [1.165, 1.54) is 0 Å². The van der Waals surface area contributed by atoms with Gasteiger partial charge in [0.15, 0.2) is 0 Å². The Balaban J connectivity index is 1.96. The van der Waals surface area contributed by atoms with E-state index in [4.69, 9.17) is 9.47 Å². The van der Waals surface area contributed by atoms with Crippen molar-refractivity contribution in [3.05, 3.63) is 42.4 Å². The third-order valence-electron chi connectivity index (χ3n) is 2.75. The molecule has 1 N–H and O–H groups in total. The molecule has 0 radical (unpaired) electrons. The molecule has 2 rings (SSSR count). The number of benzene rings is 1. The average molecular weight is 287 g/mol. The Kier molecular flexibility index (Phi) is 5.97.